The van der Waals surface area contributed by atoms with Crippen molar-refractivity contribution in [3.05, 3.63) is 89.0 Å². The molecule has 31 heavy (non-hydrogen) atoms. The summed E-state index contributed by atoms with van der Waals surface area (Å²) in [6.45, 7) is 3.74. The Hall–Kier alpha value is -4.04. The van der Waals surface area contributed by atoms with Crippen LogP contribution in [0.3, 0.4) is 0 Å². The molecule has 3 rings (SSSR count). The monoisotopic (exact) mass is 413 g/mol. The van der Waals surface area contributed by atoms with E-state index in [1.807, 2.05) is 50.2 Å². The van der Waals surface area contributed by atoms with Crippen molar-refractivity contribution in [3.8, 4) is 23.3 Å². The lowest BCUT2D eigenvalue weighted by Crippen LogP contribution is -2.18. The zero-order valence-corrected chi connectivity index (χ0v) is 17.7. The molecule has 0 aliphatic heterocycles. The van der Waals surface area contributed by atoms with Crippen LogP contribution in [0.5, 0.6) is 17.2 Å². The Labute approximate surface area is 182 Å². The lowest BCUT2D eigenvalue weighted by molar-refractivity contribution is -0.136. The highest BCUT2D eigenvalue weighted by atomic mass is 16.6. The minimum Gasteiger partial charge on any atom is -0.497 e. The van der Waals surface area contributed by atoms with E-state index in [9.17, 15) is 10.1 Å². The lowest BCUT2D eigenvalue weighted by Gasteiger charge is -2.10. The molecule has 0 saturated carbocycles. The number of allylic oxidation sites excluding steroid dienone is 1. The Morgan fingerprint density at radius 2 is 1.74 bits per heavy atom. The molecule has 0 N–H and O–H groups in total. The molecule has 0 aromatic heterocycles. The second-order valence-corrected chi connectivity index (χ2v) is 6.93. The van der Waals surface area contributed by atoms with Gasteiger partial charge in [-0.25, -0.2) is 4.79 Å². The Kier molecular flexibility index (Phi) is 7.08. The predicted octanol–water partition coefficient (Wildman–Crippen LogP) is 5.36. The number of nitriles is 1. The highest BCUT2D eigenvalue weighted by Crippen LogP contribution is 2.23. The molecule has 0 unspecified atom stereocenters. The number of rotatable bonds is 7. The van der Waals surface area contributed by atoms with E-state index in [0.29, 0.717) is 17.1 Å². The molecule has 0 heterocycles. The second-order valence-electron chi connectivity index (χ2n) is 6.93. The Balaban J connectivity index is 1.68. The van der Waals surface area contributed by atoms with Gasteiger partial charge in [0.15, 0.2) is 6.61 Å². The van der Waals surface area contributed by atoms with Gasteiger partial charge in [0.2, 0.25) is 0 Å². The van der Waals surface area contributed by atoms with Gasteiger partial charge < -0.3 is 14.2 Å². The van der Waals surface area contributed by atoms with Crippen LogP contribution in [0.1, 0.15) is 22.3 Å². The molecule has 5 nitrogen and oxygen atoms in total. The number of esters is 1. The maximum Gasteiger partial charge on any atom is 0.349 e. The Bertz CT molecular complexity index is 1140. The van der Waals surface area contributed by atoms with Crippen molar-refractivity contribution in [2.45, 2.75) is 13.8 Å². The van der Waals surface area contributed by atoms with Gasteiger partial charge in [-0.2, -0.15) is 5.26 Å². The molecule has 0 aliphatic rings. The number of hydrogen-bond donors (Lipinski definition) is 0. The highest BCUT2D eigenvalue weighted by molar-refractivity contribution is 5.90. The molecular formula is C26H23NO4. The van der Waals surface area contributed by atoms with E-state index < -0.39 is 5.97 Å². The van der Waals surface area contributed by atoms with Crippen LogP contribution in [0.25, 0.3) is 11.6 Å². The van der Waals surface area contributed by atoms with Crippen molar-refractivity contribution in [3.63, 3.8) is 0 Å². The normalized spacial score (nSPS) is 10.8. The number of benzene rings is 3. The van der Waals surface area contributed by atoms with Gasteiger partial charge in [-0.3, -0.25) is 0 Å². The topological polar surface area (TPSA) is 68.5 Å². The van der Waals surface area contributed by atoms with Crippen molar-refractivity contribution < 1.29 is 19.0 Å². The molecule has 0 aliphatic carbocycles. The van der Waals surface area contributed by atoms with Crippen LogP contribution in [0.2, 0.25) is 0 Å². The van der Waals surface area contributed by atoms with Gasteiger partial charge >= 0.3 is 5.97 Å². The largest absolute Gasteiger partial charge is 0.497 e. The molecule has 0 radical (unpaired) electrons. The van der Waals surface area contributed by atoms with E-state index in [0.717, 1.165) is 28.0 Å². The minimum absolute atomic E-state index is 0.195. The number of methoxy groups -OCH3 is 1. The first kappa shape index (κ1) is 21.7. The van der Waals surface area contributed by atoms with Crippen LogP contribution in [0, 0.1) is 25.2 Å². The first-order valence-corrected chi connectivity index (χ1v) is 9.76. The van der Waals surface area contributed by atoms with Crippen molar-refractivity contribution in [2.75, 3.05) is 13.7 Å². The fraction of sp³-hybridized carbons (Fsp3) is 0.154. The molecule has 0 amide bonds. The molecule has 5 heteroatoms. The second kappa shape index (κ2) is 10.1. The summed E-state index contributed by atoms with van der Waals surface area (Å²) in [4.78, 5) is 12.2. The van der Waals surface area contributed by atoms with E-state index in [1.165, 1.54) is 0 Å². The third kappa shape index (κ3) is 5.74. The molecule has 0 bridgehead atoms. The minimum atomic E-state index is -0.502. The summed E-state index contributed by atoms with van der Waals surface area (Å²) in [5, 5.41) is 9.55. The van der Waals surface area contributed by atoms with Gasteiger partial charge in [0.1, 0.15) is 17.2 Å². The van der Waals surface area contributed by atoms with Crippen LogP contribution in [0.4, 0.5) is 0 Å². The summed E-state index contributed by atoms with van der Waals surface area (Å²) in [6.07, 6.45) is 1.74. The van der Waals surface area contributed by atoms with E-state index in [-0.39, 0.29) is 6.61 Å². The third-order valence-electron chi connectivity index (χ3n) is 4.82. The van der Waals surface area contributed by atoms with Crippen LogP contribution in [-0.2, 0) is 4.79 Å². The quantitative estimate of drug-likeness (QED) is 0.226. The summed E-state index contributed by atoms with van der Waals surface area (Å²) in [5.41, 5.74) is 4.09. The summed E-state index contributed by atoms with van der Waals surface area (Å²) < 4.78 is 16.2. The van der Waals surface area contributed by atoms with Gasteiger partial charge in [0.05, 0.1) is 18.8 Å². The average Bonchev–Trinajstić information content (AvgIpc) is 2.79. The number of carbonyl (C=O) groups is 1. The Morgan fingerprint density at radius 1 is 1.00 bits per heavy atom. The fourth-order valence-corrected chi connectivity index (χ4v) is 2.96. The van der Waals surface area contributed by atoms with Gasteiger partial charge in [0.25, 0.3) is 0 Å². The molecule has 156 valence electrons. The van der Waals surface area contributed by atoms with E-state index in [1.54, 1.807) is 43.5 Å². The summed E-state index contributed by atoms with van der Waals surface area (Å²) in [6, 6.07) is 22.1. The molecule has 0 saturated heterocycles. The smallest absolute Gasteiger partial charge is 0.349 e. The highest BCUT2D eigenvalue weighted by Gasteiger charge is 2.09. The van der Waals surface area contributed by atoms with Crippen molar-refractivity contribution in [1.29, 1.82) is 5.26 Å². The van der Waals surface area contributed by atoms with Crippen molar-refractivity contribution >= 4 is 17.6 Å². The van der Waals surface area contributed by atoms with Crippen LogP contribution < -0.4 is 14.2 Å². The molecule has 0 atom stereocenters. The number of nitrogens with zero attached hydrogens (tertiary/aromatic N) is 1. The number of ether oxygens (including phenoxy) is 3. The van der Waals surface area contributed by atoms with Gasteiger partial charge in [-0.1, -0.05) is 24.3 Å². The first-order valence-electron chi connectivity index (χ1n) is 9.76. The first-order chi connectivity index (χ1) is 15.0. The third-order valence-corrected chi connectivity index (χ3v) is 4.82. The van der Waals surface area contributed by atoms with Gasteiger partial charge in [-0.05, 0) is 84.6 Å². The summed E-state index contributed by atoms with van der Waals surface area (Å²) >= 11 is 0. The molecule has 3 aromatic carbocycles. The average molecular weight is 413 g/mol. The molecular weight excluding hydrogens is 390 g/mol. The number of carbonyl (C=O) groups excluding carboxylic acids is 1. The zero-order chi connectivity index (χ0) is 22.2. The van der Waals surface area contributed by atoms with Crippen molar-refractivity contribution in [1.82, 2.24) is 0 Å². The van der Waals surface area contributed by atoms with Crippen LogP contribution >= 0.6 is 0 Å². The van der Waals surface area contributed by atoms with Gasteiger partial charge in [-0.15, -0.1) is 0 Å². The van der Waals surface area contributed by atoms with Crippen LogP contribution in [-0.4, -0.2) is 19.7 Å². The lowest BCUT2D eigenvalue weighted by atomic mass is 10.0. The number of aryl methyl sites for hydroxylation is 1. The fourth-order valence-electron chi connectivity index (χ4n) is 2.96. The van der Waals surface area contributed by atoms with E-state index >= 15 is 0 Å². The summed E-state index contributed by atoms with van der Waals surface area (Å²) in [7, 11) is 1.59. The Morgan fingerprint density at radius 3 is 2.45 bits per heavy atom. The maximum atomic E-state index is 12.2. The van der Waals surface area contributed by atoms with Gasteiger partial charge in [0, 0.05) is 0 Å². The molecule has 3 aromatic rings. The number of hydrogen-bond acceptors (Lipinski definition) is 5. The molecule has 0 spiro atoms. The van der Waals surface area contributed by atoms with Crippen LogP contribution in [0.15, 0.2) is 66.7 Å². The SMILES string of the molecule is COc1ccc(/C(C#N)=C\c2cccc(OC(=O)COc3cccc(C)c3C)c2)cc1. The van der Waals surface area contributed by atoms with Crippen molar-refractivity contribution in [2.24, 2.45) is 0 Å². The van der Waals surface area contributed by atoms with E-state index in [4.69, 9.17) is 14.2 Å². The zero-order valence-electron chi connectivity index (χ0n) is 17.7. The van der Waals surface area contributed by atoms with E-state index in [2.05, 4.69) is 6.07 Å². The standard InChI is InChI=1S/C26H23NO4/c1-18-6-4-9-25(19(18)2)30-17-26(28)31-24-8-5-7-20(15-24)14-22(16-27)21-10-12-23(29-3)13-11-21/h4-15H,17H2,1-3H3/b22-14-. The molecule has 0 fully saturated rings. The summed E-state index contributed by atoms with van der Waals surface area (Å²) in [5.74, 6) is 1.26. The predicted molar refractivity (Wildman–Crippen MR) is 120 cm³/mol. The maximum absolute atomic E-state index is 12.2.